The first-order chi connectivity index (χ1) is 14.6. The van der Waals surface area contributed by atoms with Crippen LogP contribution in [0.1, 0.15) is 16.8 Å². The minimum atomic E-state index is -0.518. The van der Waals surface area contributed by atoms with Crippen LogP contribution in [-0.2, 0) is 9.47 Å². The zero-order valence-electron chi connectivity index (χ0n) is 16.7. The van der Waals surface area contributed by atoms with E-state index in [1.165, 1.54) is 13.4 Å². The van der Waals surface area contributed by atoms with Crippen molar-refractivity contribution in [2.24, 2.45) is 0 Å². The summed E-state index contributed by atoms with van der Waals surface area (Å²) in [6.07, 6.45) is 2.08. The maximum Gasteiger partial charge on any atom is 0.353 e. The molecule has 0 aliphatic carbocycles. The number of morpholine rings is 1. The van der Waals surface area contributed by atoms with Crippen molar-refractivity contribution < 1.29 is 19.2 Å². The molecule has 0 spiro atoms. The van der Waals surface area contributed by atoms with E-state index in [0.717, 1.165) is 39.3 Å². The summed E-state index contributed by atoms with van der Waals surface area (Å²) in [5.41, 5.74) is 0.687. The van der Waals surface area contributed by atoms with E-state index in [-0.39, 0.29) is 17.3 Å². The molecule has 0 saturated carbocycles. The third kappa shape index (κ3) is 5.61. The number of aromatic nitrogens is 2. The molecule has 1 saturated heterocycles. The quantitative estimate of drug-likeness (QED) is 0.271. The van der Waals surface area contributed by atoms with E-state index in [1.54, 1.807) is 24.3 Å². The third-order valence-corrected chi connectivity index (χ3v) is 4.62. The Balaban J connectivity index is 1.65. The van der Waals surface area contributed by atoms with E-state index in [0.29, 0.717) is 17.8 Å². The molecule has 1 aromatic heterocycles. The highest BCUT2D eigenvalue weighted by atomic mass is 16.6. The number of hydrogen-bond donors (Lipinski definition) is 2. The summed E-state index contributed by atoms with van der Waals surface area (Å²) in [7, 11) is 1.30. The molecule has 11 nitrogen and oxygen atoms in total. The van der Waals surface area contributed by atoms with Gasteiger partial charge in [0.15, 0.2) is 0 Å². The first-order valence-electron chi connectivity index (χ1n) is 9.57. The number of nitrogens with zero attached hydrogens (tertiary/aromatic N) is 4. The normalized spacial score (nSPS) is 14.2. The molecule has 0 amide bonds. The number of carbonyl (C=O) groups is 1. The average Bonchev–Trinajstić information content (AvgIpc) is 2.77. The topological polar surface area (TPSA) is 132 Å². The standard InChI is InChI=1S/C19H24N6O5/c1-29-19(26)14-3-5-15(6-4-14)23-18-16(25(27)28)17(21-13-22-18)20-7-2-8-24-9-11-30-12-10-24/h3-6,13H,2,7-12H2,1H3,(H2,20,21,22,23). The second-order valence-corrected chi connectivity index (χ2v) is 6.60. The van der Waals surface area contributed by atoms with Gasteiger partial charge in [-0.15, -0.1) is 0 Å². The number of benzene rings is 1. The number of anilines is 3. The molecule has 2 heterocycles. The third-order valence-electron chi connectivity index (χ3n) is 4.62. The van der Waals surface area contributed by atoms with Gasteiger partial charge < -0.3 is 20.1 Å². The lowest BCUT2D eigenvalue weighted by atomic mass is 10.2. The van der Waals surface area contributed by atoms with E-state index in [2.05, 4.69) is 30.2 Å². The van der Waals surface area contributed by atoms with Gasteiger partial charge in [-0.2, -0.15) is 0 Å². The van der Waals surface area contributed by atoms with Crippen LogP contribution in [0.4, 0.5) is 23.0 Å². The van der Waals surface area contributed by atoms with E-state index in [1.807, 2.05) is 0 Å². The summed E-state index contributed by atoms with van der Waals surface area (Å²) in [5.74, 6) is -0.236. The highest BCUT2D eigenvalue weighted by Crippen LogP contribution is 2.31. The van der Waals surface area contributed by atoms with Crippen LogP contribution in [-0.4, -0.2) is 72.3 Å². The molecule has 0 radical (unpaired) electrons. The Morgan fingerprint density at radius 3 is 2.60 bits per heavy atom. The van der Waals surface area contributed by atoms with Gasteiger partial charge in [-0.25, -0.2) is 14.8 Å². The van der Waals surface area contributed by atoms with Gasteiger partial charge in [-0.3, -0.25) is 15.0 Å². The van der Waals surface area contributed by atoms with E-state index >= 15 is 0 Å². The SMILES string of the molecule is COC(=O)c1ccc(Nc2ncnc(NCCCN3CCOCC3)c2[N+](=O)[O-])cc1. The lowest BCUT2D eigenvalue weighted by molar-refractivity contribution is -0.383. The highest BCUT2D eigenvalue weighted by molar-refractivity contribution is 5.89. The number of nitrogens with one attached hydrogen (secondary N) is 2. The second-order valence-electron chi connectivity index (χ2n) is 6.60. The van der Waals surface area contributed by atoms with Crippen molar-refractivity contribution in [3.63, 3.8) is 0 Å². The van der Waals surface area contributed by atoms with Crippen molar-refractivity contribution in [1.82, 2.24) is 14.9 Å². The first kappa shape index (κ1) is 21.4. The van der Waals surface area contributed by atoms with Crippen LogP contribution in [0.2, 0.25) is 0 Å². The Morgan fingerprint density at radius 1 is 1.23 bits per heavy atom. The number of hydrogen-bond acceptors (Lipinski definition) is 10. The minimum absolute atomic E-state index is 0.0662. The maximum absolute atomic E-state index is 11.7. The molecular weight excluding hydrogens is 392 g/mol. The van der Waals surface area contributed by atoms with Gasteiger partial charge in [0.05, 0.1) is 30.8 Å². The highest BCUT2D eigenvalue weighted by Gasteiger charge is 2.23. The van der Waals surface area contributed by atoms with Crippen molar-refractivity contribution in [1.29, 1.82) is 0 Å². The van der Waals surface area contributed by atoms with Gasteiger partial charge in [0.25, 0.3) is 0 Å². The van der Waals surface area contributed by atoms with Crippen LogP contribution in [0.3, 0.4) is 0 Å². The molecule has 2 aromatic rings. The van der Waals surface area contributed by atoms with Crippen LogP contribution < -0.4 is 10.6 Å². The molecule has 3 rings (SSSR count). The largest absolute Gasteiger partial charge is 0.465 e. The fourth-order valence-electron chi connectivity index (χ4n) is 3.05. The number of carbonyl (C=O) groups excluding carboxylic acids is 1. The van der Waals surface area contributed by atoms with E-state index in [4.69, 9.17) is 4.74 Å². The Bertz CT molecular complexity index is 870. The number of nitro groups is 1. The van der Waals surface area contributed by atoms with Crippen LogP contribution in [0, 0.1) is 10.1 Å². The van der Waals surface area contributed by atoms with Crippen molar-refractivity contribution in [2.45, 2.75) is 6.42 Å². The number of esters is 1. The summed E-state index contributed by atoms with van der Waals surface area (Å²) in [6, 6.07) is 6.36. The van der Waals surface area contributed by atoms with Crippen molar-refractivity contribution in [2.75, 3.05) is 57.1 Å². The number of rotatable bonds is 9. The fourth-order valence-corrected chi connectivity index (χ4v) is 3.05. The Kier molecular flexibility index (Phi) is 7.46. The van der Waals surface area contributed by atoms with Gasteiger partial charge >= 0.3 is 11.7 Å². The number of ether oxygens (including phenoxy) is 2. The molecule has 160 valence electrons. The van der Waals surface area contributed by atoms with Crippen LogP contribution in [0.5, 0.6) is 0 Å². The van der Waals surface area contributed by atoms with Crippen molar-refractivity contribution in [3.8, 4) is 0 Å². The Morgan fingerprint density at radius 2 is 1.93 bits per heavy atom. The molecule has 0 atom stereocenters. The minimum Gasteiger partial charge on any atom is -0.465 e. The van der Waals surface area contributed by atoms with Gasteiger partial charge in [0, 0.05) is 25.3 Å². The zero-order chi connectivity index (χ0) is 21.3. The predicted octanol–water partition coefficient (Wildman–Crippen LogP) is 2.05. The molecule has 30 heavy (non-hydrogen) atoms. The summed E-state index contributed by atoms with van der Waals surface area (Å²) in [6.45, 7) is 4.70. The fraction of sp³-hybridized carbons (Fsp3) is 0.421. The molecule has 11 heteroatoms. The molecule has 0 unspecified atom stereocenters. The molecule has 1 aromatic carbocycles. The van der Waals surface area contributed by atoms with Gasteiger partial charge in [0.1, 0.15) is 6.33 Å². The van der Waals surface area contributed by atoms with E-state index in [9.17, 15) is 14.9 Å². The summed E-state index contributed by atoms with van der Waals surface area (Å²) in [4.78, 5) is 33.0. The monoisotopic (exact) mass is 416 g/mol. The van der Waals surface area contributed by atoms with E-state index < -0.39 is 10.9 Å². The van der Waals surface area contributed by atoms with Gasteiger partial charge in [-0.05, 0) is 37.2 Å². The predicted molar refractivity (Wildman–Crippen MR) is 110 cm³/mol. The van der Waals surface area contributed by atoms with Crippen molar-refractivity contribution in [3.05, 3.63) is 46.3 Å². The summed E-state index contributed by atoms with van der Waals surface area (Å²) < 4.78 is 9.98. The summed E-state index contributed by atoms with van der Waals surface area (Å²) >= 11 is 0. The molecule has 1 aliphatic heterocycles. The first-order valence-corrected chi connectivity index (χ1v) is 9.57. The smallest absolute Gasteiger partial charge is 0.353 e. The molecule has 2 N–H and O–H groups in total. The molecule has 0 bridgehead atoms. The molecule has 1 aliphatic rings. The Hall–Kier alpha value is -3.31. The molecular formula is C19H24N6O5. The van der Waals surface area contributed by atoms with Gasteiger partial charge in [0.2, 0.25) is 11.6 Å². The van der Waals surface area contributed by atoms with Crippen LogP contribution in [0.15, 0.2) is 30.6 Å². The lowest BCUT2D eigenvalue weighted by Gasteiger charge is -2.26. The maximum atomic E-state index is 11.7. The van der Waals surface area contributed by atoms with Crippen LogP contribution in [0.25, 0.3) is 0 Å². The van der Waals surface area contributed by atoms with Gasteiger partial charge in [-0.1, -0.05) is 0 Å². The lowest BCUT2D eigenvalue weighted by Crippen LogP contribution is -2.37. The Labute approximate surface area is 173 Å². The zero-order valence-corrected chi connectivity index (χ0v) is 16.7. The second kappa shape index (κ2) is 10.5. The average molecular weight is 416 g/mol. The molecule has 1 fully saturated rings. The van der Waals surface area contributed by atoms with Crippen LogP contribution >= 0.6 is 0 Å². The number of methoxy groups -OCH3 is 1. The summed E-state index contributed by atoms with van der Waals surface area (Å²) in [5, 5.41) is 17.6. The van der Waals surface area contributed by atoms with Crippen molar-refractivity contribution >= 4 is 29.0 Å².